The Bertz CT molecular complexity index is 590. The monoisotopic (exact) mass is 276 g/mol. The number of hydrogen-bond donors (Lipinski definition) is 0. The summed E-state index contributed by atoms with van der Waals surface area (Å²) in [5.41, 5.74) is 0. The number of aryl methyl sites for hydroxylation is 1. The van der Waals surface area contributed by atoms with Gasteiger partial charge in [0.1, 0.15) is 24.0 Å². The normalized spacial score (nSPS) is 19.2. The van der Waals surface area contributed by atoms with Crippen LogP contribution < -0.4 is 0 Å². The van der Waals surface area contributed by atoms with E-state index in [0.29, 0.717) is 6.61 Å². The van der Waals surface area contributed by atoms with Gasteiger partial charge in [-0.3, -0.25) is 4.90 Å². The van der Waals surface area contributed by atoms with E-state index >= 15 is 0 Å². The number of hydrogen-bond acceptors (Lipinski definition) is 5. The largest absolute Gasteiger partial charge is 0.465 e. The van der Waals surface area contributed by atoms with Gasteiger partial charge in [0.2, 0.25) is 0 Å². The molecule has 6 nitrogen and oxygen atoms in total. The van der Waals surface area contributed by atoms with Gasteiger partial charge in [-0.2, -0.15) is 0 Å². The Labute approximate surface area is 118 Å². The maximum atomic E-state index is 5.66. The molecule has 3 heterocycles. The van der Waals surface area contributed by atoms with E-state index in [4.69, 9.17) is 9.15 Å². The van der Waals surface area contributed by atoms with Gasteiger partial charge in [-0.25, -0.2) is 0 Å². The maximum Gasteiger partial charge on any atom is 0.159 e. The molecule has 2 aromatic rings. The predicted molar refractivity (Wildman–Crippen MR) is 73.0 cm³/mol. The fraction of sp³-hybridized carbons (Fsp3) is 0.571. The second kappa shape index (κ2) is 5.38. The summed E-state index contributed by atoms with van der Waals surface area (Å²) in [5, 5.41) is 8.54. The van der Waals surface area contributed by atoms with Crippen molar-refractivity contribution in [2.24, 2.45) is 0 Å². The molecule has 1 aliphatic rings. The van der Waals surface area contributed by atoms with Crippen LogP contribution in [-0.2, 0) is 24.4 Å². The highest BCUT2D eigenvalue weighted by Gasteiger charge is 2.28. The van der Waals surface area contributed by atoms with Crippen LogP contribution in [0.15, 0.2) is 16.5 Å². The van der Waals surface area contributed by atoms with Crippen LogP contribution in [0.1, 0.15) is 36.1 Å². The van der Waals surface area contributed by atoms with Crippen LogP contribution in [0.5, 0.6) is 0 Å². The van der Waals surface area contributed by atoms with Crippen LogP contribution in [0, 0.1) is 6.92 Å². The van der Waals surface area contributed by atoms with E-state index < -0.39 is 0 Å². The van der Waals surface area contributed by atoms with Gasteiger partial charge in [0, 0.05) is 20.2 Å². The average Bonchev–Trinajstić information content (AvgIpc) is 3.01. The van der Waals surface area contributed by atoms with Gasteiger partial charge in [-0.15, -0.1) is 10.2 Å². The third-order valence-electron chi connectivity index (χ3n) is 3.82. The molecule has 0 saturated carbocycles. The highest BCUT2D eigenvalue weighted by atomic mass is 16.5. The summed E-state index contributed by atoms with van der Waals surface area (Å²) in [6.07, 6.45) is 0. The molecule has 0 amide bonds. The molecule has 0 aliphatic carbocycles. The van der Waals surface area contributed by atoms with E-state index in [1.807, 2.05) is 19.1 Å². The maximum absolute atomic E-state index is 5.66. The Balaban J connectivity index is 1.77. The SMILES string of the molecule is COCc1nnc2n1CCN(Cc1ccc(C)o1)[C@H]2C. The predicted octanol–water partition coefficient (Wildman–Crippen LogP) is 1.90. The van der Waals surface area contributed by atoms with E-state index in [2.05, 4.69) is 26.6 Å². The zero-order valence-electron chi connectivity index (χ0n) is 12.2. The second-order valence-electron chi connectivity index (χ2n) is 5.22. The Morgan fingerprint density at radius 3 is 2.90 bits per heavy atom. The lowest BCUT2D eigenvalue weighted by molar-refractivity contribution is 0.135. The number of furan rings is 1. The number of nitrogens with zero attached hydrogens (tertiary/aromatic N) is 4. The summed E-state index contributed by atoms with van der Waals surface area (Å²) in [6, 6.07) is 4.27. The zero-order valence-corrected chi connectivity index (χ0v) is 12.2. The van der Waals surface area contributed by atoms with Crippen molar-refractivity contribution >= 4 is 0 Å². The molecule has 0 radical (unpaired) electrons. The van der Waals surface area contributed by atoms with Crippen molar-refractivity contribution in [2.45, 2.75) is 39.6 Å². The smallest absolute Gasteiger partial charge is 0.159 e. The number of ether oxygens (including phenoxy) is 1. The average molecular weight is 276 g/mol. The molecule has 0 fully saturated rings. The molecule has 0 bridgehead atoms. The van der Waals surface area contributed by atoms with Gasteiger partial charge < -0.3 is 13.7 Å². The summed E-state index contributed by atoms with van der Waals surface area (Å²) in [4.78, 5) is 2.36. The Morgan fingerprint density at radius 2 is 2.20 bits per heavy atom. The molecule has 108 valence electrons. The zero-order chi connectivity index (χ0) is 14.1. The van der Waals surface area contributed by atoms with Gasteiger partial charge in [0.05, 0.1) is 12.6 Å². The first-order valence-corrected chi connectivity index (χ1v) is 6.89. The van der Waals surface area contributed by atoms with Crippen molar-refractivity contribution in [3.63, 3.8) is 0 Å². The Kier molecular flexibility index (Phi) is 3.58. The van der Waals surface area contributed by atoms with Crippen molar-refractivity contribution < 1.29 is 9.15 Å². The summed E-state index contributed by atoms with van der Waals surface area (Å²) < 4.78 is 13.0. The van der Waals surface area contributed by atoms with Crippen molar-refractivity contribution in [1.82, 2.24) is 19.7 Å². The van der Waals surface area contributed by atoms with Gasteiger partial charge in [-0.05, 0) is 26.0 Å². The van der Waals surface area contributed by atoms with Crippen molar-refractivity contribution in [1.29, 1.82) is 0 Å². The lowest BCUT2D eigenvalue weighted by Gasteiger charge is -2.32. The molecule has 0 spiro atoms. The Hall–Kier alpha value is -1.66. The first-order chi connectivity index (χ1) is 9.69. The van der Waals surface area contributed by atoms with Crippen LogP contribution in [0.3, 0.4) is 0 Å². The molecule has 20 heavy (non-hydrogen) atoms. The van der Waals surface area contributed by atoms with Gasteiger partial charge in [-0.1, -0.05) is 0 Å². The van der Waals surface area contributed by atoms with Crippen LogP contribution in [0.25, 0.3) is 0 Å². The van der Waals surface area contributed by atoms with Gasteiger partial charge in [0.15, 0.2) is 5.82 Å². The molecule has 1 atom stereocenters. The van der Waals surface area contributed by atoms with E-state index in [-0.39, 0.29) is 6.04 Å². The van der Waals surface area contributed by atoms with Crippen molar-refractivity contribution in [3.8, 4) is 0 Å². The lowest BCUT2D eigenvalue weighted by Crippen LogP contribution is -2.37. The Morgan fingerprint density at radius 1 is 1.35 bits per heavy atom. The highest BCUT2D eigenvalue weighted by Crippen LogP contribution is 2.26. The van der Waals surface area contributed by atoms with Crippen molar-refractivity contribution in [3.05, 3.63) is 35.3 Å². The number of methoxy groups -OCH3 is 1. The summed E-state index contributed by atoms with van der Waals surface area (Å²) in [7, 11) is 1.68. The molecular formula is C14H20N4O2. The summed E-state index contributed by atoms with van der Waals surface area (Å²) >= 11 is 0. The van der Waals surface area contributed by atoms with Gasteiger partial charge >= 0.3 is 0 Å². The molecule has 3 rings (SSSR count). The van der Waals surface area contributed by atoms with Crippen LogP contribution >= 0.6 is 0 Å². The minimum Gasteiger partial charge on any atom is -0.465 e. The molecule has 0 unspecified atom stereocenters. The van der Waals surface area contributed by atoms with Crippen LogP contribution in [0.4, 0.5) is 0 Å². The molecular weight excluding hydrogens is 256 g/mol. The number of fused-ring (bicyclic) bond motifs is 1. The summed E-state index contributed by atoms with van der Waals surface area (Å²) in [5.74, 6) is 3.86. The van der Waals surface area contributed by atoms with Gasteiger partial charge in [0.25, 0.3) is 0 Å². The van der Waals surface area contributed by atoms with Crippen molar-refractivity contribution in [2.75, 3.05) is 13.7 Å². The fourth-order valence-electron chi connectivity index (χ4n) is 2.71. The quantitative estimate of drug-likeness (QED) is 0.853. The van der Waals surface area contributed by atoms with E-state index in [9.17, 15) is 0 Å². The van der Waals surface area contributed by atoms with Crippen LogP contribution in [0.2, 0.25) is 0 Å². The standard InChI is InChI=1S/C14H20N4O2/c1-10-4-5-12(20-10)8-17-6-7-18-13(9-19-3)15-16-14(18)11(17)2/h4-5,11H,6-9H2,1-3H3/t11-/m0/s1. The summed E-state index contributed by atoms with van der Waals surface area (Å²) in [6.45, 7) is 7.30. The molecule has 0 aromatic carbocycles. The fourth-order valence-corrected chi connectivity index (χ4v) is 2.71. The van der Waals surface area contributed by atoms with E-state index in [1.165, 1.54) is 0 Å². The third-order valence-corrected chi connectivity index (χ3v) is 3.82. The minimum absolute atomic E-state index is 0.229. The molecule has 6 heteroatoms. The minimum atomic E-state index is 0.229. The second-order valence-corrected chi connectivity index (χ2v) is 5.22. The first-order valence-electron chi connectivity index (χ1n) is 6.89. The molecule has 1 aliphatic heterocycles. The number of aromatic nitrogens is 3. The van der Waals surface area contributed by atoms with Crippen LogP contribution in [-0.4, -0.2) is 33.3 Å². The van der Waals surface area contributed by atoms with E-state index in [1.54, 1.807) is 7.11 Å². The highest BCUT2D eigenvalue weighted by molar-refractivity contribution is 5.08. The molecule has 2 aromatic heterocycles. The number of rotatable bonds is 4. The lowest BCUT2D eigenvalue weighted by atomic mass is 10.2. The topological polar surface area (TPSA) is 56.3 Å². The third kappa shape index (κ3) is 2.36. The first kappa shape index (κ1) is 13.3. The van der Waals surface area contributed by atoms with E-state index in [0.717, 1.165) is 42.8 Å². The molecule has 0 N–H and O–H groups in total. The molecule has 0 saturated heterocycles.